The van der Waals surface area contributed by atoms with E-state index in [1.807, 2.05) is 30.9 Å². The van der Waals surface area contributed by atoms with E-state index in [0.717, 1.165) is 18.7 Å². The molecule has 0 bridgehead atoms. The highest BCUT2D eigenvalue weighted by molar-refractivity contribution is 6.30. The van der Waals surface area contributed by atoms with Crippen LogP contribution in [0, 0.1) is 0 Å². The van der Waals surface area contributed by atoms with Gasteiger partial charge in [0.25, 0.3) is 0 Å². The van der Waals surface area contributed by atoms with Gasteiger partial charge in [-0.05, 0) is 30.8 Å². The topological polar surface area (TPSA) is 46.3 Å². The van der Waals surface area contributed by atoms with Crippen molar-refractivity contribution < 1.29 is 4.79 Å². The highest BCUT2D eigenvalue weighted by atomic mass is 35.5. The molecular formula is C12H17ClN2O. The maximum Gasteiger partial charge on any atom is 0.239 e. The van der Waals surface area contributed by atoms with Crippen molar-refractivity contribution in [2.45, 2.75) is 19.9 Å². The van der Waals surface area contributed by atoms with Crippen LogP contribution in [0.3, 0.4) is 0 Å². The summed E-state index contributed by atoms with van der Waals surface area (Å²) in [5, 5.41) is 0.659. The number of carbonyl (C=O) groups is 1. The molecule has 2 N–H and O–H groups in total. The first-order chi connectivity index (χ1) is 7.60. The summed E-state index contributed by atoms with van der Waals surface area (Å²) >= 11 is 5.81. The number of primary amides is 1. The van der Waals surface area contributed by atoms with Crippen LogP contribution in [0.2, 0.25) is 5.02 Å². The highest BCUT2D eigenvalue weighted by Gasteiger charge is 2.23. The lowest BCUT2D eigenvalue weighted by molar-refractivity contribution is -0.123. The summed E-state index contributed by atoms with van der Waals surface area (Å²) < 4.78 is 0. The molecule has 0 aromatic heterocycles. The molecule has 0 radical (unpaired) electrons. The van der Waals surface area contributed by atoms with E-state index in [9.17, 15) is 4.79 Å². The summed E-state index contributed by atoms with van der Waals surface area (Å²) in [7, 11) is 0. The van der Waals surface area contributed by atoms with Gasteiger partial charge in [-0.15, -0.1) is 0 Å². The van der Waals surface area contributed by atoms with Crippen LogP contribution in [0.1, 0.15) is 25.5 Å². The van der Waals surface area contributed by atoms with E-state index in [4.69, 9.17) is 17.3 Å². The van der Waals surface area contributed by atoms with Crippen molar-refractivity contribution in [3.05, 3.63) is 34.9 Å². The molecule has 0 spiro atoms. The van der Waals surface area contributed by atoms with Gasteiger partial charge in [-0.1, -0.05) is 37.6 Å². The average Bonchev–Trinajstić information content (AvgIpc) is 2.27. The summed E-state index contributed by atoms with van der Waals surface area (Å²) in [5.41, 5.74) is 6.33. The Bertz CT molecular complexity index is 347. The van der Waals surface area contributed by atoms with Crippen molar-refractivity contribution in [2.75, 3.05) is 13.1 Å². The molecular weight excluding hydrogens is 224 g/mol. The fourth-order valence-electron chi connectivity index (χ4n) is 1.79. The molecule has 1 amide bonds. The van der Waals surface area contributed by atoms with Crippen LogP contribution in [-0.4, -0.2) is 23.9 Å². The Morgan fingerprint density at radius 1 is 1.31 bits per heavy atom. The number of carbonyl (C=O) groups excluding carboxylic acids is 1. The minimum Gasteiger partial charge on any atom is -0.368 e. The Hall–Kier alpha value is -1.06. The number of likely N-dealkylation sites (N-methyl/N-ethyl adjacent to an activating group) is 1. The van der Waals surface area contributed by atoms with Crippen molar-refractivity contribution in [3.8, 4) is 0 Å². The first-order valence-electron chi connectivity index (χ1n) is 5.39. The molecule has 4 heteroatoms. The molecule has 0 aliphatic heterocycles. The monoisotopic (exact) mass is 240 g/mol. The maximum absolute atomic E-state index is 11.5. The number of rotatable bonds is 5. The Balaban J connectivity index is 3.02. The van der Waals surface area contributed by atoms with Crippen molar-refractivity contribution >= 4 is 17.5 Å². The lowest BCUT2D eigenvalue weighted by Crippen LogP contribution is -2.37. The second kappa shape index (κ2) is 5.87. The van der Waals surface area contributed by atoms with Gasteiger partial charge in [-0.3, -0.25) is 9.69 Å². The Kier molecular flexibility index (Phi) is 4.77. The second-order valence-electron chi connectivity index (χ2n) is 3.58. The van der Waals surface area contributed by atoms with Crippen molar-refractivity contribution in [1.29, 1.82) is 0 Å². The first-order valence-corrected chi connectivity index (χ1v) is 5.76. The molecule has 0 saturated heterocycles. The predicted octanol–water partition coefficient (Wildman–Crippen LogP) is 2.21. The van der Waals surface area contributed by atoms with E-state index in [2.05, 4.69) is 0 Å². The number of nitrogens with two attached hydrogens (primary N) is 1. The van der Waals surface area contributed by atoms with Crippen LogP contribution < -0.4 is 5.73 Å². The average molecular weight is 241 g/mol. The Morgan fingerprint density at radius 3 is 2.19 bits per heavy atom. The molecule has 0 aliphatic rings. The molecule has 88 valence electrons. The number of halogens is 1. The van der Waals surface area contributed by atoms with Crippen LogP contribution in [0.4, 0.5) is 0 Å². The molecule has 0 fully saturated rings. The molecule has 1 unspecified atom stereocenters. The summed E-state index contributed by atoms with van der Waals surface area (Å²) in [6, 6.07) is 6.87. The summed E-state index contributed by atoms with van der Waals surface area (Å²) in [4.78, 5) is 13.5. The van der Waals surface area contributed by atoms with Gasteiger partial charge in [0, 0.05) is 5.02 Å². The molecule has 0 aliphatic carbocycles. The van der Waals surface area contributed by atoms with Crippen molar-refractivity contribution in [3.63, 3.8) is 0 Å². The normalized spacial score (nSPS) is 12.8. The van der Waals surface area contributed by atoms with E-state index in [0.29, 0.717) is 5.02 Å². The number of hydrogen-bond acceptors (Lipinski definition) is 2. The number of nitrogens with zero attached hydrogens (tertiary/aromatic N) is 1. The molecule has 3 nitrogen and oxygen atoms in total. The van der Waals surface area contributed by atoms with Gasteiger partial charge >= 0.3 is 0 Å². The third-order valence-electron chi connectivity index (χ3n) is 2.63. The van der Waals surface area contributed by atoms with E-state index >= 15 is 0 Å². The van der Waals surface area contributed by atoms with Crippen LogP contribution in [0.15, 0.2) is 24.3 Å². The zero-order chi connectivity index (χ0) is 12.1. The molecule has 1 aromatic carbocycles. The zero-order valence-electron chi connectivity index (χ0n) is 9.61. The molecule has 1 rings (SSSR count). The SMILES string of the molecule is CCN(CC)C(C(N)=O)c1ccc(Cl)cc1. The van der Waals surface area contributed by atoms with E-state index in [1.54, 1.807) is 12.1 Å². The van der Waals surface area contributed by atoms with E-state index in [-0.39, 0.29) is 11.9 Å². The fourth-order valence-corrected chi connectivity index (χ4v) is 1.91. The van der Waals surface area contributed by atoms with Gasteiger partial charge in [0.2, 0.25) is 5.91 Å². The van der Waals surface area contributed by atoms with Gasteiger partial charge in [-0.2, -0.15) is 0 Å². The van der Waals surface area contributed by atoms with Crippen LogP contribution in [-0.2, 0) is 4.79 Å². The lowest BCUT2D eigenvalue weighted by Gasteiger charge is -2.27. The van der Waals surface area contributed by atoms with Crippen LogP contribution >= 0.6 is 11.6 Å². The molecule has 0 saturated carbocycles. The van der Waals surface area contributed by atoms with E-state index < -0.39 is 0 Å². The zero-order valence-corrected chi connectivity index (χ0v) is 10.4. The maximum atomic E-state index is 11.5. The Labute approximate surface area is 101 Å². The smallest absolute Gasteiger partial charge is 0.239 e. The second-order valence-corrected chi connectivity index (χ2v) is 4.01. The highest BCUT2D eigenvalue weighted by Crippen LogP contribution is 2.21. The third-order valence-corrected chi connectivity index (χ3v) is 2.88. The quantitative estimate of drug-likeness (QED) is 0.858. The predicted molar refractivity (Wildman–Crippen MR) is 66.3 cm³/mol. The standard InChI is InChI=1S/C12H17ClN2O/c1-3-15(4-2)11(12(14)16)9-5-7-10(13)8-6-9/h5-8,11H,3-4H2,1-2H3,(H2,14,16). The van der Waals surface area contributed by atoms with Crippen molar-refractivity contribution in [2.24, 2.45) is 5.73 Å². The number of amides is 1. The summed E-state index contributed by atoms with van der Waals surface area (Å²) in [5.74, 6) is -0.328. The van der Waals surface area contributed by atoms with Gasteiger partial charge < -0.3 is 5.73 Å². The molecule has 16 heavy (non-hydrogen) atoms. The molecule has 1 aromatic rings. The Morgan fingerprint density at radius 2 is 1.81 bits per heavy atom. The van der Waals surface area contributed by atoms with Gasteiger partial charge in [0.1, 0.15) is 6.04 Å². The lowest BCUT2D eigenvalue weighted by atomic mass is 10.0. The van der Waals surface area contributed by atoms with Crippen LogP contribution in [0.25, 0.3) is 0 Å². The van der Waals surface area contributed by atoms with Gasteiger partial charge in [0.15, 0.2) is 0 Å². The first kappa shape index (κ1) is 13.0. The van der Waals surface area contributed by atoms with E-state index in [1.165, 1.54) is 0 Å². The number of benzene rings is 1. The fraction of sp³-hybridized carbons (Fsp3) is 0.417. The third kappa shape index (κ3) is 2.97. The molecule has 1 atom stereocenters. The number of hydrogen-bond donors (Lipinski definition) is 1. The summed E-state index contributed by atoms with van der Waals surface area (Å²) in [6.07, 6.45) is 0. The minimum atomic E-state index is -0.368. The minimum absolute atomic E-state index is 0.328. The van der Waals surface area contributed by atoms with Gasteiger partial charge in [0.05, 0.1) is 0 Å². The summed E-state index contributed by atoms with van der Waals surface area (Å²) in [6.45, 7) is 5.59. The molecule has 0 heterocycles. The van der Waals surface area contributed by atoms with Gasteiger partial charge in [-0.25, -0.2) is 0 Å². The van der Waals surface area contributed by atoms with Crippen LogP contribution in [0.5, 0.6) is 0 Å². The largest absolute Gasteiger partial charge is 0.368 e. The van der Waals surface area contributed by atoms with Crippen molar-refractivity contribution in [1.82, 2.24) is 4.90 Å².